The summed E-state index contributed by atoms with van der Waals surface area (Å²) in [4.78, 5) is 15.1. The second-order valence-electron chi connectivity index (χ2n) is 6.71. The maximum Gasteiger partial charge on any atom is 0.131 e. The highest BCUT2D eigenvalue weighted by atomic mass is 15.1. The smallest absolute Gasteiger partial charge is 0.131 e. The lowest BCUT2D eigenvalue weighted by Gasteiger charge is -2.28. The van der Waals surface area contributed by atoms with E-state index in [1.54, 1.807) is 0 Å². The third kappa shape index (κ3) is 2.86. The average molecular weight is 306 g/mol. The summed E-state index contributed by atoms with van der Waals surface area (Å²) in [5, 5.41) is 1.27. The van der Waals surface area contributed by atoms with Crippen molar-refractivity contribution in [1.29, 1.82) is 0 Å². The predicted octanol–water partition coefficient (Wildman–Crippen LogP) is 3.64. The van der Waals surface area contributed by atoms with Crippen LogP contribution in [0.4, 0.5) is 0 Å². The van der Waals surface area contributed by atoms with Crippen molar-refractivity contribution in [3.8, 4) is 0 Å². The molecule has 0 saturated carbocycles. The predicted molar refractivity (Wildman–Crippen MR) is 92.2 cm³/mol. The van der Waals surface area contributed by atoms with Crippen LogP contribution in [0.3, 0.4) is 0 Å². The normalized spacial score (nSPS) is 15.3. The first-order valence-electron chi connectivity index (χ1n) is 8.32. The van der Waals surface area contributed by atoms with Crippen molar-refractivity contribution in [1.82, 2.24) is 19.9 Å². The first-order chi connectivity index (χ1) is 11.2. The number of nitrogens with one attached hydrogen (secondary N) is 1. The molecule has 1 aromatic carbocycles. The van der Waals surface area contributed by atoms with Gasteiger partial charge in [0.25, 0.3) is 0 Å². The Kier molecular flexibility index (Phi) is 3.62. The van der Waals surface area contributed by atoms with Crippen molar-refractivity contribution < 1.29 is 0 Å². The van der Waals surface area contributed by atoms with Crippen LogP contribution in [-0.2, 0) is 19.5 Å². The molecule has 0 amide bonds. The molecule has 23 heavy (non-hydrogen) atoms. The van der Waals surface area contributed by atoms with Crippen molar-refractivity contribution >= 4 is 10.9 Å². The molecular formula is C19H22N4. The molecule has 0 atom stereocenters. The minimum atomic E-state index is 0.381. The van der Waals surface area contributed by atoms with E-state index < -0.39 is 0 Å². The molecule has 118 valence electrons. The Labute approximate surface area is 136 Å². The summed E-state index contributed by atoms with van der Waals surface area (Å²) in [7, 11) is 0. The number of aromatic amines is 1. The van der Waals surface area contributed by atoms with Crippen LogP contribution in [0.15, 0.2) is 36.7 Å². The summed E-state index contributed by atoms with van der Waals surface area (Å²) in [6, 6.07) is 8.79. The summed E-state index contributed by atoms with van der Waals surface area (Å²) in [5.41, 5.74) is 5.08. The highest BCUT2D eigenvalue weighted by molar-refractivity contribution is 5.79. The minimum Gasteiger partial charge on any atom is -0.361 e. The van der Waals surface area contributed by atoms with Gasteiger partial charge in [0.05, 0.1) is 5.69 Å². The van der Waals surface area contributed by atoms with Gasteiger partial charge in [0.15, 0.2) is 0 Å². The Morgan fingerprint density at radius 1 is 1.26 bits per heavy atom. The Morgan fingerprint density at radius 2 is 2.17 bits per heavy atom. The molecule has 3 aromatic rings. The van der Waals surface area contributed by atoms with Crippen molar-refractivity contribution in [3.05, 3.63) is 59.3 Å². The average Bonchev–Trinajstić information content (AvgIpc) is 3.02. The molecule has 0 saturated heterocycles. The van der Waals surface area contributed by atoms with E-state index in [4.69, 9.17) is 4.98 Å². The van der Waals surface area contributed by atoms with Gasteiger partial charge in [0.1, 0.15) is 5.82 Å². The topological polar surface area (TPSA) is 44.8 Å². The lowest BCUT2D eigenvalue weighted by molar-refractivity contribution is 0.240. The third-order valence-electron chi connectivity index (χ3n) is 4.59. The van der Waals surface area contributed by atoms with Gasteiger partial charge in [-0.25, -0.2) is 9.97 Å². The number of hydrogen-bond donors (Lipinski definition) is 1. The lowest BCUT2D eigenvalue weighted by atomic mass is 10.0. The van der Waals surface area contributed by atoms with Gasteiger partial charge < -0.3 is 4.98 Å². The molecule has 4 heteroatoms. The summed E-state index contributed by atoms with van der Waals surface area (Å²) < 4.78 is 0. The van der Waals surface area contributed by atoms with Gasteiger partial charge in [-0.15, -0.1) is 0 Å². The van der Waals surface area contributed by atoms with E-state index in [1.165, 1.54) is 27.7 Å². The zero-order valence-electron chi connectivity index (χ0n) is 13.7. The Bertz CT molecular complexity index is 834. The van der Waals surface area contributed by atoms with Gasteiger partial charge in [0, 0.05) is 43.5 Å². The molecule has 1 aliphatic rings. The van der Waals surface area contributed by atoms with E-state index in [0.717, 1.165) is 31.9 Å². The van der Waals surface area contributed by atoms with E-state index in [1.807, 2.05) is 12.4 Å². The SMILES string of the molecule is CC(C)c1ncc2c(n1)CN(Cc1ccc3cc[nH]c3c1)CC2. The van der Waals surface area contributed by atoms with Gasteiger partial charge in [-0.2, -0.15) is 0 Å². The molecule has 0 bridgehead atoms. The van der Waals surface area contributed by atoms with Crippen molar-refractivity contribution in [2.45, 2.75) is 39.3 Å². The van der Waals surface area contributed by atoms with Gasteiger partial charge >= 0.3 is 0 Å². The fourth-order valence-corrected chi connectivity index (χ4v) is 3.24. The highest BCUT2D eigenvalue weighted by Gasteiger charge is 2.19. The van der Waals surface area contributed by atoms with E-state index in [9.17, 15) is 0 Å². The number of aromatic nitrogens is 3. The highest BCUT2D eigenvalue weighted by Crippen LogP contribution is 2.21. The molecule has 0 aliphatic carbocycles. The van der Waals surface area contributed by atoms with Gasteiger partial charge in [-0.3, -0.25) is 4.90 Å². The summed E-state index contributed by atoms with van der Waals surface area (Å²) in [5.74, 6) is 1.34. The molecule has 0 spiro atoms. The van der Waals surface area contributed by atoms with E-state index >= 15 is 0 Å². The molecule has 3 heterocycles. The fourth-order valence-electron chi connectivity index (χ4n) is 3.24. The molecular weight excluding hydrogens is 284 g/mol. The van der Waals surface area contributed by atoms with Crippen LogP contribution < -0.4 is 0 Å². The summed E-state index contributed by atoms with van der Waals surface area (Å²) in [6.07, 6.45) is 5.06. The monoisotopic (exact) mass is 306 g/mol. The van der Waals surface area contributed by atoms with Crippen LogP contribution in [0.1, 0.15) is 42.4 Å². The second kappa shape index (κ2) is 5.78. The molecule has 4 nitrogen and oxygen atoms in total. The Hall–Kier alpha value is -2.20. The second-order valence-corrected chi connectivity index (χ2v) is 6.71. The van der Waals surface area contributed by atoms with Crippen molar-refractivity contribution in [2.24, 2.45) is 0 Å². The minimum absolute atomic E-state index is 0.381. The molecule has 2 aromatic heterocycles. The number of H-pyrrole nitrogens is 1. The molecule has 0 fully saturated rings. The van der Waals surface area contributed by atoms with Crippen molar-refractivity contribution in [2.75, 3.05) is 6.54 Å². The van der Waals surface area contributed by atoms with Gasteiger partial charge in [-0.05, 0) is 35.1 Å². The molecule has 4 rings (SSSR count). The maximum atomic E-state index is 4.79. The van der Waals surface area contributed by atoms with Gasteiger partial charge in [0.2, 0.25) is 0 Å². The van der Waals surface area contributed by atoms with E-state index in [0.29, 0.717) is 5.92 Å². The zero-order chi connectivity index (χ0) is 15.8. The molecule has 0 unspecified atom stereocenters. The largest absolute Gasteiger partial charge is 0.361 e. The molecule has 0 radical (unpaired) electrons. The van der Waals surface area contributed by atoms with Crippen LogP contribution in [0.5, 0.6) is 0 Å². The fraction of sp³-hybridized carbons (Fsp3) is 0.368. The van der Waals surface area contributed by atoms with Crippen LogP contribution >= 0.6 is 0 Å². The van der Waals surface area contributed by atoms with E-state index in [-0.39, 0.29) is 0 Å². The third-order valence-corrected chi connectivity index (χ3v) is 4.59. The standard InChI is InChI=1S/C19H22N4/c1-13(2)19-21-10-16-6-8-23(12-18(16)22-19)11-14-3-4-15-5-7-20-17(15)9-14/h3-5,7,9-10,13,20H,6,8,11-12H2,1-2H3. The number of hydrogen-bond acceptors (Lipinski definition) is 3. The quantitative estimate of drug-likeness (QED) is 0.803. The number of rotatable bonds is 3. The first-order valence-corrected chi connectivity index (χ1v) is 8.32. The van der Waals surface area contributed by atoms with Crippen molar-refractivity contribution in [3.63, 3.8) is 0 Å². The van der Waals surface area contributed by atoms with Crippen LogP contribution in [0.2, 0.25) is 0 Å². The van der Waals surface area contributed by atoms with Crippen LogP contribution in [-0.4, -0.2) is 26.4 Å². The lowest BCUT2D eigenvalue weighted by Crippen LogP contribution is -2.31. The number of nitrogens with zero attached hydrogens (tertiary/aromatic N) is 3. The maximum absolute atomic E-state index is 4.79. The molecule has 1 N–H and O–H groups in total. The Balaban J connectivity index is 1.53. The zero-order valence-corrected chi connectivity index (χ0v) is 13.7. The number of fused-ring (bicyclic) bond motifs is 2. The molecule has 1 aliphatic heterocycles. The van der Waals surface area contributed by atoms with Gasteiger partial charge in [-0.1, -0.05) is 26.0 Å². The van der Waals surface area contributed by atoms with Crippen LogP contribution in [0, 0.1) is 0 Å². The van der Waals surface area contributed by atoms with Crippen LogP contribution in [0.25, 0.3) is 10.9 Å². The number of benzene rings is 1. The van der Waals surface area contributed by atoms with E-state index in [2.05, 4.69) is 53.0 Å². The summed E-state index contributed by atoms with van der Waals surface area (Å²) >= 11 is 0. The first kappa shape index (κ1) is 14.4. The Morgan fingerprint density at radius 3 is 3.04 bits per heavy atom. The summed E-state index contributed by atoms with van der Waals surface area (Å²) in [6.45, 7) is 7.25.